The van der Waals surface area contributed by atoms with Crippen molar-refractivity contribution in [2.45, 2.75) is 11.9 Å². The van der Waals surface area contributed by atoms with Crippen molar-refractivity contribution in [1.82, 2.24) is 18.8 Å². The van der Waals surface area contributed by atoms with Crippen LogP contribution in [0.5, 0.6) is 0 Å². The van der Waals surface area contributed by atoms with Crippen LogP contribution in [0.2, 0.25) is 0 Å². The van der Waals surface area contributed by atoms with Gasteiger partial charge in [0.05, 0.1) is 6.61 Å². The molecule has 1 aliphatic heterocycles. The van der Waals surface area contributed by atoms with Gasteiger partial charge in [0.25, 0.3) is 10.0 Å². The molecule has 0 atom stereocenters. The van der Waals surface area contributed by atoms with Gasteiger partial charge in [-0.2, -0.15) is 4.31 Å². The van der Waals surface area contributed by atoms with E-state index in [0.717, 1.165) is 0 Å². The summed E-state index contributed by atoms with van der Waals surface area (Å²) in [5.41, 5.74) is 0. The molecule has 2 heterocycles. The molecule has 0 spiro atoms. The summed E-state index contributed by atoms with van der Waals surface area (Å²) in [6, 6.07) is 0. The minimum absolute atomic E-state index is 0.103. The molecule has 0 radical (unpaired) electrons. The smallest absolute Gasteiger partial charge is 0.262 e. The second-order valence-electron chi connectivity index (χ2n) is 4.71. The fourth-order valence-corrected chi connectivity index (χ4v) is 3.57. The maximum absolute atomic E-state index is 12.4. The Morgan fingerprint density at radius 2 is 1.95 bits per heavy atom. The molecule has 2 rings (SSSR count). The van der Waals surface area contributed by atoms with Gasteiger partial charge >= 0.3 is 0 Å². The van der Waals surface area contributed by atoms with Crippen LogP contribution in [0.3, 0.4) is 0 Å². The normalized spacial score (nSPS) is 18.9. The molecule has 0 aliphatic carbocycles. The largest absolute Gasteiger partial charge is 0.395 e. The minimum Gasteiger partial charge on any atom is -0.395 e. The molecule has 0 bridgehead atoms. The van der Waals surface area contributed by atoms with E-state index >= 15 is 0 Å². The number of imidazole rings is 1. The van der Waals surface area contributed by atoms with Crippen LogP contribution < -0.4 is 0 Å². The maximum Gasteiger partial charge on any atom is 0.262 e. The third kappa shape index (κ3) is 2.97. The molecule has 1 aliphatic rings. The first-order valence-corrected chi connectivity index (χ1v) is 7.72. The van der Waals surface area contributed by atoms with Gasteiger partial charge in [0.15, 0.2) is 5.03 Å². The van der Waals surface area contributed by atoms with Gasteiger partial charge < -0.3 is 9.67 Å². The molecule has 1 N–H and O–H groups in total. The zero-order valence-corrected chi connectivity index (χ0v) is 12.1. The van der Waals surface area contributed by atoms with Crippen molar-refractivity contribution in [1.29, 1.82) is 0 Å². The molecular formula is C11H20N4O3S. The lowest BCUT2D eigenvalue weighted by molar-refractivity contribution is 0.151. The molecule has 108 valence electrons. The Bertz CT molecular complexity index is 513. The van der Waals surface area contributed by atoms with Crippen LogP contribution in [0.25, 0.3) is 0 Å². The Labute approximate surface area is 113 Å². The van der Waals surface area contributed by atoms with Crippen molar-refractivity contribution in [3.8, 4) is 0 Å². The Balaban J connectivity index is 2.09. The van der Waals surface area contributed by atoms with Crippen LogP contribution in [-0.2, 0) is 17.1 Å². The Kier molecular flexibility index (Phi) is 4.24. The average Bonchev–Trinajstić information content (AvgIpc) is 2.71. The molecule has 19 heavy (non-hydrogen) atoms. The van der Waals surface area contributed by atoms with Gasteiger partial charge in [-0.15, -0.1) is 0 Å². The number of hydrogen-bond acceptors (Lipinski definition) is 5. The van der Waals surface area contributed by atoms with E-state index in [1.165, 1.54) is 4.31 Å². The summed E-state index contributed by atoms with van der Waals surface area (Å²) in [5.74, 6) is 0.678. The lowest BCUT2D eigenvalue weighted by Gasteiger charge is -2.33. The number of aryl methyl sites for hydroxylation is 2. The molecular weight excluding hydrogens is 268 g/mol. The van der Waals surface area contributed by atoms with Gasteiger partial charge in [0.1, 0.15) is 5.82 Å². The highest BCUT2D eigenvalue weighted by molar-refractivity contribution is 7.89. The first-order valence-electron chi connectivity index (χ1n) is 6.28. The van der Waals surface area contributed by atoms with E-state index in [1.54, 1.807) is 24.7 Å². The summed E-state index contributed by atoms with van der Waals surface area (Å²) in [4.78, 5) is 6.14. The van der Waals surface area contributed by atoms with Gasteiger partial charge in [-0.05, 0) is 6.92 Å². The number of rotatable bonds is 4. The van der Waals surface area contributed by atoms with Crippen LogP contribution >= 0.6 is 0 Å². The van der Waals surface area contributed by atoms with Crippen LogP contribution in [0.15, 0.2) is 11.2 Å². The van der Waals surface area contributed by atoms with Crippen molar-refractivity contribution in [3.63, 3.8) is 0 Å². The molecule has 1 fully saturated rings. The Morgan fingerprint density at radius 1 is 1.32 bits per heavy atom. The average molecular weight is 288 g/mol. The summed E-state index contributed by atoms with van der Waals surface area (Å²) in [6.07, 6.45) is 1.55. The highest BCUT2D eigenvalue weighted by atomic mass is 32.2. The molecule has 8 heteroatoms. The van der Waals surface area contributed by atoms with Gasteiger partial charge in [-0.3, -0.25) is 4.90 Å². The fraction of sp³-hybridized carbons (Fsp3) is 0.727. The van der Waals surface area contributed by atoms with E-state index in [2.05, 4.69) is 9.88 Å². The zero-order valence-electron chi connectivity index (χ0n) is 11.3. The van der Waals surface area contributed by atoms with E-state index in [4.69, 9.17) is 5.11 Å². The summed E-state index contributed by atoms with van der Waals surface area (Å²) < 4.78 is 28.0. The quantitative estimate of drug-likeness (QED) is 0.771. The predicted molar refractivity (Wildman–Crippen MR) is 70.2 cm³/mol. The maximum atomic E-state index is 12.4. The summed E-state index contributed by atoms with van der Waals surface area (Å²) in [5, 5.41) is 8.98. The zero-order chi connectivity index (χ0) is 14.0. The molecule has 0 saturated carbocycles. The number of aliphatic hydroxyl groups is 1. The minimum atomic E-state index is -3.49. The third-order valence-corrected chi connectivity index (χ3v) is 5.21. The number of piperazine rings is 1. The first kappa shape index (κ1) is 14.4. The predicted octanol–water partition coefficient (Wildman–Crippen LogP) is -0.973. The van der Waals surface area contributed by atoms with Crippen LogP contribution in [-0.4, -0.2) is 71.6 Å². The van der Waals surface area contributed by atoms with Crippen molar-refractivity contribution in [2.24, 2.45) is 7.05 Å². The molecule has 0 amide bonds. The molecule has 0 unspecified atom stereocenters. The van der Waals surface area contributed by atoms with Crippen molar-refractivity contribution in [2.75, 3.05) is 39.3 Å². The van der Waals surface area contributed by atoms with Crippen LogP contribution in [0.4, 0.5) is 0 Å². The lowest BCUT2D eigenvalue weighted by Crippen LogP contribution is -2.49. The number of β-amino-alcohol motifs (C(OH)–C–C–N with tert-alkyl or cyclic N) is 1. The third-order valence-electron chi connectivity index (χ3n) is 3.44. The van der Waals surface area contributed by atoms with Gasteiger partial charge in [0.2, 0.25) is 0 Å². The summed E-state index contributed by atoms with van der Waals surface area (Å²) in [7, 11) is -1.71. The fourth-order valence-electron chi connectivity index (χ4n) is 2.12. The topological polar surface area (TPSA) is 78.7 Å². The van der Waals surface area contributed by atoms with E-state index in [1.807, 2.05) is 0 Å². The van der Waals surface area contributed by atoms with Crippen LogP contribution in [0, 0.1) is 6.92 Å². The standard InChI is InChI=1S/C11H20N4O3S/c1-10-12-11(9-13(10)2)19(17,18)15-5-3-14(4-6-15)7-8-16/h9,16H,3-8H2,1-2H3. The second kappa shape index (κ2) is 5.58. The number of aliphatic hydroxyl groups excluding tert-OH is 1. The number of hydrogen-bond donors (Lipinski definition) is 1. The van der Waals surface area contributed by atoms with Crippen molar-refractivity contribution < 1.29 is 13.5 Å². The van der Waals surface area contributed by atoms with Gasteiger partial charge in [0, 0.05) is 46.0 Å². The number of aromatic nitrogens is 2. The summed E-state index contributed by atoms with van der Waals surface area (Å²) >= 11 is 0. The SMILES string of the molecule is Cc1nc(S(=O)(=O)N2CCN(CCO)CC2)cn1C. The number of nitrogens with zero attached hydrogens (tertiary/aromatic N) is 4. The van der Waals surface area contributed by atoms with Crippen LogP contribution in [0.1, 0.15) is 5.82 Å². The molecule has 1 aromatic heterocycles. The van der Waals surface area contributed by atoms with Gasteiger partial charge in [-0.1, -0.05) is 0 Å². The first-order chi connectivity index (χ1) is 8.95. The Hall–Kier alpha value is -0.960. The van der Waals surface area contributed by atoms with Crippen molar-refractivity contribution in [3.05, 3.63) is 12.0 Å². The van der Waals surface area contributed by atoms with E-state index in [0.29, 0.717) is 38.5 Å². The molecule has 1 aromatic rings. The number of sulfonamides is 1. The van der Waals surface area contributed by atoms with Crippen molar-refractivity contribution >= 4 is 10.0 Å². The van der Waals surface area contributed by atoms with E-state index in [9.17, 15) is 8.42 Å². The van der Waals surface area contributed by atoms with Gasteiger partial charge in [-0.25, -0.2) is 13.4 Å². The lowest BCUT2D eigenvalue weighted by atomic mass is 10.4. The second-order valence-corrected chi connectivity index (χ2v) is 6.59. The monoisotopic (exact) mass is 288 g/mol. The highest BCUT2D eigenvalue weighted by Crippen LogP contribution is 2.16. The molecule has 1 saturated heterocycles. The molecule has 0 aromatic carbocycles. The Morgan fingerprint density at radius 3 is 2.42 bits per heavy atom. The summed E-state index contributed by atoms with van der Waals surface area (Å²) in [6.45, 7) is 4.65. The molecule has 7 nitrogen and oxygen atoms in total. The van der Waals surface area contributed by atoms with E-state index in [-0.39, 0.29) is 11.6 Å². The van der Waals surface area contributed by atoms with E-state index < -0.39 is 10.0 Å². The highest BCUT2D eigenvalue weighted by Gasteiger charge is 2.30.